The summed E-state index contributed by atoms with van der Waals surface area (Å²) in [7, 11) is 0. The number of imidazole rings is 1. The first-order valence-electron chi connectivity index (χ1n) is 21.4. The zero-order valence-electron chi connectivity index (χ0n) is 34.2. The molecule has 3 amide bonds. The van der Waals surface area contributed by atoms with Crippen LogP contribution < -0.4 is 15.5 Å². The van der Waals surface area contributed by atoms with Gasteiger partial charge in [0, 0.05) is 64.0 Å². The standard InChI is InChI=1S/C46H55FN8O4/c1-30(2)49-42(56)29-53-22-20-52(21-23-53)27-32-9-14-33(15-10-32)34-6-5-7-37(24-34)55-44-39(25-35(47)26-48-44)43(57)38(46(55)59)18-13-31-11-16-36(17-12-31)50-45(58)40-28-54-19-4-3-8-41(54)51-40/h5-7,9-10,14-15,24-26,28,30-31,36,38H,3-4,8,11-13,16-23,27,29H2,1-2H3,(H,49,56)(H,50,58). The van der Waals surface area contributed by atoms with E-state index in [1.54, 1.807) is 0 Å². The first-order valence-corrected chi connectivity index (χ1v) is 21.4. The van der Waals surface area contributed by atoms with Crippen LogP contribution in [-0.4, -0.2) is 92.6 Å². The van der Waals surface area contributed by atoms with Crippen LogP contribution in [-0.2, 0) is 29.1 Å². The van der Waals surface area contributed by atoms with Crippen LogP contribution in [0.2, 0.25) is 0 Å². The number of pyridine rings is 1. The maximum Gasteiger partial charge on any atom is 0.271 e. The van der Waals surface area contributed by atoms with Crippen LogP contribution in [0.5, 0.6) is 0 Å². The Balaban J connectivity index is 0.886. The second-order valence-corrected chi connectivity index (χ2v) is 17.1. The molecule has 59 heavy (non-hydrogen) atoms. The summed E-state index contributed by atoms with van der Waals surface area (Å²) in [5.74, 6) is -0.912. The van der Waals surface area contributed by atoms with Crippen LogP contribution in [0.3, 0.4) is 0 Å². The SMILES string of the molecule is CC(C)NC(=O)CN1CCN(Cc2ccc(-c3cccc(N4C(=O)C(CCC5CCC(NC(=O)c6cn7c(n6)CCCC7)CC5)C(=O)c5cc(F)cnc54)c3)cc2)CC1. The van der Waals surface area contributed by atoms with Gasteiger partial charge in [0.25, 0.3) is 5.91 Å². The quantitative estimate of drug-likeness (QED) is 0.160. The molecule has 0 bridgehead atoms. The molecular weight excluding hydrogens is 748 g/mol. The van der Waals surface area contributed by atoms with Crippen LogP contribution in [0.25, 0.3) is 11.1 Å². The summed E-state index contributed by atoms with van der Waals surface area (Å²) in [5.41, 5.74) is 4.26. The molecule has 8 rings (SSSR count). The third-order valence-electron chi connectivity index (χ3n) is 12.4. The van der Waals surface area contributed by atoms with Crippen LogP contribution >= 0.6 is 0 Å². The van der Waals surface area contributed by atoms with E-state index in [1.165, 1.54) is 16.5 Å². The Kier molecular flexibility index (Phi) is 12.3. The van der Waals surface area contributed by atoms with Gasteiger partial charge in [0.2, 0.25) is 11.8 Å². The number of rotatable bonds is 12. The maximum atomic E-state index is 14.6. The summed E-state index contributed by atoms with van der Waals surface area (Å²) in [4.78, 5) is 68.3. The van der Waals surface area contributed by atoms with E-state index < -0.39 is 11.7 Å². The number of hydrogen-bond acceptors (Lipinski definition) is 8. The van der Waals surface area contributed by atoms with Gasteiger partial charge in [-0.05, 0) is 106 Å². The zero-order chi connectivity index (χ0) is 41.0. The summed E-state index contributed by atoms with van der Waals surface area (Å²) < 4.78 is 16.7. The summed E-state index contributed by atoms with van der Waals surface area (Å²) in [5, 5.41) is 6.15. The van der Waals surface area contributed by atoms with Crippen molar-refractivity contribution >= 4 is 35.0 Å². The molecule has 12 nitrogen and oxygen atoms in total. The van der Waals surface area contributed by atoms with Gasteiger partial charge < -0.3 is 15.2 Å². The Morgan fingerprint density at radius 3 is 2.39 bits per heavy atom. The molecule has 1 aliphatic carbocycles. The number of Topliss-reactive ketones (excluding diaryl/α,β-unsaturated/α-hetero) is 1. The van der Waals surface area contributed by atoms with Gasteiger partial charge in [-0.1, -0.05) is 36.4 Å². The smallest absolute Gasteiger partial charge is 0.271 e. The number of nitrogens with one attached hydrogen (secondary N) is 2. The van der Waals surface area contributed by atoms with Gasteiger partial charge in [0.1, 0.15) is 23.3 Å². The number of piperazine rings is 1. The Hall–Kier alpha value is -5.27. The maximum absolute atomic E-state index is 14.6. The molecule has 4 aromatic rings. The first kappa shape index (κ1) is 40.5. The molecule has 5 heterocycles. The molecular formula is C46H55FN8O4. The highest BCUT2D eigenvalue weighted by atomic mass is 19.1. The van der Waals surface area contributed by atoms with Crippen molar-refractivity contribution in [2.75, 3.05) is 37.6 Å². The lowest BCUT2D eigenvalue weighted by Gasteiger charge is -2.34. The van der Waals surface area contributed by atoms with Crippen LogP contribution in [0.1, 0.15) is 97.4 Å². The highest BCUT2D eigenvalue weighted by molar-refractivity contribution is 6.23. The van der Waals surface area contributed by atoms with Gasteiger partial charge in [-0.25, -0.2) is 14.4 Å². The number of amides is 3. The van der Waals surface area contributed by atoms with Gasteiger partial charge >= 0.3 is 0 Å². The van der Waals surface area contributed by atoms with Crippen molar-refractivity contribution in [3.05, 3.63) is 95.5 Å². The summed E-state index contributed by atoms with van der Waals surface area (Å²) in [6.07, 6.45) is 10.5. The van der Waals surface area contributed by atoms with E-state index in [-0.39, 0.29) is 47.0 Å². The minimum Gasteiger partial charge on any atom is -0.353 e. The normalized spacial score (nSPS) is 21.3. The monoisotopic (exact) mass is 802 g/mol. The number of nitrogens with zero attached hydrogens (tertiary/aromatic N) is 6. The molecule has 13 heteroatoms. The molecule has 2 N–H and O–H groups in total. The molecule has 310 valence electrons. The van der Waals surface area contributed by atoms with Crippen molar-refractivity contribution in [3.8, 4) is 11.1 Å². The third-order valence-corrected chi connectivity index (χ3v) is 12.4. The van der Waals surface area contributed by atoms with E-state index in [0.717, 1.165) is 107 Å². The Morgan fingerprint density at radius 1 is 0.881 bits per heavy atom. The van der Waals surface area contributed by atoms with Crippen molar-refractivity contribution in [1.29, 1.82) is 0 Å². The molecule has 2 aromatic carbocycles. The first-order chi connectivity index (χ1) is 28.6. The summed E-state index contributed by atoms with van der Waals surface area (Å²) >= 11 is 0. The molecule has 1 saturated carbocycles. The van der Waals surface area contributed by atoms with Gasteiger partial charge in [-0.3, -0.25) is 33.9 Å². The highest BCUT2D eigenvalue weighted by Crippen LogP contribution is 2.39. The Morgan fingerprint density at radius 2 is 1.64 bits per heavy atom. The Labute approximate surface area is 345 Å². The van der Waals surface area contributed by atoms with E-state index in [9.17, 15) is 23.6 Å². The summed E-state index contributed by atoms with van der Waals surface area (Å²) in [6.45, 7) is 9.57. The lowest BCUT2D eigenvalue weighted by atomic mass is 9.79. The van der Waals surface area contributed by atoms with Gasteiger partial charge in [0.05, 0.1) is 24.0 Å². The topological polar surface area (TPSA) is 133 Å². The van der Waals surface area contributed by atoms with Crippen molar-refractivity contribution < 1.29 is 23.6 Å². The number of anilines is 2. The minimum absolute atomic E-state index is 0.0627. The molecule has 3 aliphatic heterocycles. The molecule has 2 fully saturated rings. The molecule has 1 saturated heterocycles. The predicted octanol–water partition coefficient (Wildman–Crippen LogP) is 6.31. The molecule has 4 aliphatic rings. The molecule has 0 radical (unpaired) electrons. The van der Waals surface area contributed by atoms with Gasteiger partial charge in [0.15, 0.2) is 11.6 Å². The number of fused-ring (bicyclic) bond motifs is 2. The number of halogens is 1. The number of hydrogen-bond donors (Lipinski definition) is 2. The average Bonchev–Trinajstić information content (AvgIpc) is 3.68. The number of carbonyl (C=O) groups excluding carboxylic acids is 4. The molecule has 2 aromatic heterocycles. The van der Waals surface area contributed by atoms with Gasteiger partial charge in [-0.2, -0.15) is 0 Å². The lowest BCUT2D eigenvalue weighted by Crippen LogP contribution is -2.49. The van der Waals surface area contributed by atoms with E-state index in [2.05, 4.69) is 59.2 Å². The fourth-order valence-electron chi connectivity index (χ4n) is 9.20. The third kappa shape index (κ3) is 9.47. The van der Waals surface area contributed by atoms with Crippen molar-refractivity contribution in [1.82, 2.24) is 35.0 Å². The zero-order valence-corrected chi connectivity index (χ0v) is 34.2. The van der Waals surface area contributed by atoms with Crippen LogP contribution in [0.4, 0.5) is 15.9 Å². The molecule has 0 spiro atoms. The Bertz CT molecular complexity index is 2150. The van der Waals surface area contributed by atoms with Crippen LogP contribution in [0, 0.1) is 17.7 Å². The largest absolute Gasteiger partial charge is 0.353 e. The lowest BCUT2D eigenvalue weighted by molar-refractivity contribution is -0.123. The summed E-state index contributed by atoms with van der Waals surface area (Å²) in [6, 6.07) is 17.4. The second kappa shape index (κ2) is 17.9. The fourth-order valence-corrected chi connectivity index (χ4v) is 9.20. The predicted molar refractivity (Wildman–Crippen MR) is 224 cm³/mol. The van der Waals surface area contributed by atoms with E-state index in [0.29, 0.717) is 36.7 Å². The van der Waals surface area contributed by atoms with Crippen molar-refractivity contribution in [2.24, 2.45) is 11.8 Å². The molecule has 1 unspecified atom stereocenters. The number of aryl methyl sites for hydroxylation is 2. The van der Waals surface area contributed by atoms with Crippen molar-refractivity contribution in [3.63, 3.8) is 0 Å². The molecule has 1 atom stereocenters. The minimum atomic E-state index is -0.947. The van der Waals surface area contributed by atoms with Crippen molar-refractivity contribution in [2.45, 2.75) is 96.8 Å². The van der Waals surface area contributed by atoms with Crippen LogP contribution in [0.15, 0.2) is 67.0 Å². The average molecular weight is 803 g/mol. The van der Waals surface area contributed by atoms with Gasteiger partial charge in [-0.15, -0.1) is 0 Å². The number of benzene rings is 2. The van der Waals surface area contributed by atoms with E-state index in [4.69, 9.17) is 0 Å². The number of carbonyl (C=O) groups is 4. The second-order valence-electron chi connectivity index (χ2n) is 17.1. The highest BCUT2D eigenvalue weighted by Gasteiger charge is 2.42. The van der Waals surface area contributed by atoms with E-state index >= 15 is 0 Å². The van der Waals surface area contributed by atoms with E-state index in [1.807, 2.05) is 44.3 Å². The number of ketones is 1. The number of aromatic nitrogens is 3. The fraction of sp³-hybridized carbons (Fsp3) is 0.478.